The van der Waals surface area contributed by atoms with Crippen molar-refractivity contribution in [2.24, 2.45) is 0 Å². The summed E-state index contributed by atoms with van der Waals surface area (Å²) in [6, 6.07) is 2.27. The Morgan fingerprint density at radius 3 is 2.68 bits per heavy atom. The van der Waals surface area contributed by atoms with Crippen LogP contribution in [0.1, 0.15) is 49.4 Å². The predicted octanol–water partition coefficient (Wildman–Crippen LogP) is 2.76. The van der Waals surface area contributed by atoms with Gasteiger partial charge in [-0.1, -0.05) is 13.8 Å². The molecule has 1 aromatic rings. The smallest absolute Gasteiger partial charge is 0.129 e. The van der Waals surface area contributed by atoms with Crippen LogP contribution in [-0.4, -0.2) is 30.2 Å². The molecule has 1 aromatic heterocycles. The van der Waals surface area contributed by atoms with Crippen LogP contribution in [0.2, 0.25) is 0 Å². The van der Waals surface area contributed by atoms with Crippen molar-refractivity contribution in [1.29, 1.82) is 0 Å². The quantitative estimate of drug-likeness (QED) is 0.885. The van der Waals surface area contributed by atoms with E-state index >= 15 is 0 Å². The molecule has 0 atom stereocenters. The molecule has 19 heavy (non-hydrogen) atoms. The van der Waals surface area contributed by atoms with Gasteiger partial charge >= 0.3 is 0 Å². The van der Waals surface area contributed by atoms with Crippen LogP contribution in [0.4, 0.5) is 5.82 Å². The summed E-state index contributed by atoms with van der Waals surface area (Å²) in [5, 5.41) is 3.66. The number of nitrogens with zero attached hydrogens (tertiary/aromatic N) is 2. The SMILES string of the molecule is Cc1cc(N2CCNC3(CC3)C2)nc(C(C)C)c1C. The molecule has 1 saturated carbocycles. The van der Waals surface area contributed by atoms with Gasteiger partial charge in [0.2, 0.25) is 0 Å². The molecule has 1 aliphatic heterocycles. The molecule has 1 saturated heterocycles. The summed E-state index contributed by atoms with van der Waals surface area (Å²) in [4.78, 5) is 7.42. The first-order valence-corrected chi connectivity index (χ1v) is 7.49. The highest BCUT2D eigenvalue weighted by Crippen LogP contribution is 2.38. The van der Waals surface area contributed by atoms with Crippen LogP contribution in [0, 0.1) is 13.8 Å². The molecule has 0 radical (unpaired) electrons. The van der Waals surface area contributed by atoms with Crippen LogP contribution in [0.5, 0.6) is 0 Å². The topological polar surface area (TPSA) is 28.2 Å². The molecule has 1 aliphatic carbocycles. The fourth-order valence-corrected chi connectivity index (χ4v) is 3.11. The van der Waals surface area contributed by atoms with Crippen molar-refractivity contribution in [3.8, 4) is 0 Å². The highest BCUT2D eigenvalue weighted by molar-refractivity contribution is 5.48. The van der Waals surface area contributed by atoms with Crippen molar-refractivity contribution in [2.45, 2.75) is 52.0 Å². The molecule has 0 unspecified atom stereocenters. The van der Waals surface area contributed by atoms with Gasteiger partial charge in [-0.05, 0) is 49.8 Å². The summed E-state index contributed by atoms with van der Waals surface area (Å²) >= 11 is 0. The molecule has 104 valence electrons. The monoisotopic (exact) mass is 259 g/mol. The molecule has 0 amide bonds. The standard InChI is InChI=1S/C16H25N3/c1-11(2)15-13(4)12(3)9-14(18-15)19-8-7-17-16(10-19)5-6-16/h9,11,17H,5-8,10H2,1-4H3. The third-order valence-corrected chi connectivity index (χ3v) is 4.66. The Morgan fingerprint density at radius 2 is 2.05 bits per heavy atom. The van der Waals surface area contributed by atoms with Crippen molar-refractivity contribution in [3.05, 3.63) is 22.9 Å². The Hall–Kier alpha value is -1.09. The Bertz CT molecular complexity index is 489. The second-order valence-electron chi connectivity index (χ2n) is 6.59. The summed E-state index contributed by atoms with van der Waals surface area (Å²) in [7, 11) is 0. The molecule has 3 rings (SSSR count). The van der Waals surface area contributed by atoms with Gasteiger partial charge in [-0.25, -0.2) is 4.98 Å². The Labute approximate surface area is 116 Å². The number of hydrogen-bond donors (Lipinski definition) is 1. The maximum atomic E-state index is 4.95. The highest BCUT2D eigenvalue weighted by atomic mass is 15.3. The third-order valence-electron chi connectivity index (χ3n) is 4.66. The fourth-order valence-electron chi connectivity index (χ4n) is 3.11. The lowest BCUT2D eigenvalue weighted by molar-refractivity contribution is 0.440. The van der Waals surface area contributed by atoms with Crippen molar-refractivity contribution in [2.75, 3.05) is 24.5 Å². The molecule has 0 aromatic carbocycles. The summed E-state index contributed by atoms with van der Waals surface area (Å²) in [6.45, 7) is 12.2. The number of rotatable bonds is 2. The lowest BCUT2D eigenvalue weighted by Crippen LogP contribution is -2.52. The number of nitrogens with one attached hydrogen (secondary N) is 1. The summed E-state index contributed by atoms with van der Waals surface area (Å²) in [5.41, 5.74) is 4.40. The minimum absolute atomic E-state index is 0.413. The van der Waals surface area contributed by atoms with E-state index in [1.807, 2.05) is 0 Å². The highest BCUT2D eigenvalue weighted by Gasteiger charge is 2.45. The lowest BCUT2D eigenvalue weighted by Gasteiger charge is -2.35. The van der Waals surface area contributed by atoms with Gasteiger partial charge in [-0.15, -0.1) is 0 Å². The maximum Gasteiger partial charge on any atom is 0.129 e. The largest absolute Gasteiger partial charge is 0.353 e. The number of anilines is 1. The van der Waals surface area contributed by atoms with Crippen molar-refractivity contribution in [3.63, 3.8) is 0 Å². The van der Waals surface area contributed by atoms with Crippen molar-refractivity contribution >= 4 is 5.82 Å². The van der Waals surface area contributed by atoms with E-state index in [2.05, 4.69) is 44.0 Å². The Kier molecular flexibility index (Phi) is 3.05. The molecule has 2 heterocycles. The second kappa shape index (κ2) is 4.48. The van der Waals surface area contributed by atoms with E-state index in [4.69, 9.17) is 4.98 Å². The van der Waals surface area contributed by atoms with Crippen LogP contribution < -0.4 is 10.2 Å². The number of pyridine rings is 1. The van der Waals surface area contributed by atoms with Crippen LogP contribution >= 0.6 is 0 Å². The number of aromatic nitrogens is 1. The molecule has 1 N–H and O–H groups in total. The van der Waals surface area contributed by atoms with Crippen LogP contribution in [0.15, 0.2) is 6.07 Å². The van der Waals surface area contributed by atoms with Gasteiger partial charge in [0.05, 0.1) is 0 Å². The zero-order chi connectivity index (χ0) is 13.6. The van der Waals surface area contributed by atoms with Crippen LogP contribution in [0.25, 0.3) is 0 Å². The molecule has 3 heteroatoms. The van der Waals surface area contributed by atoms with Gasteiger partial charge < -0.3 is 10.2 Å². The Morgan fingerprint density at radius 1 is 1.32 bits per heavy atom. The van der Waals surface area contributed by atoms with Gasteiger partial charge in [0, 0.05) is 30.9 Å². The first-order chi connectivity index (χ1) is 9.01. The minimum Gasteiger partial charge on any atom is -0.353 e. The van der Waals surface area contributed by atoms with E-state index in [0.29, 0.717) is 11.5 Å². The lowest BCUT2D eigenvalue weighted by atomic mass is 10.0. The molecule has 2 aliphatic rings. The summed E-state index contributed by atoms with van der Waals surface area (Å²) in [5.74, 6) is 1.68. The maximum absolute atomic E-state index is 4.95. The van der Waals surface area contributed by atoms with Gasteiger partial charge in [0.1, 0.15) is 5.82 Å². The first kappa shape index (κ1) is 12.9. The van der Waals surface area contributed by atoms with Crippen LogP contribution in [0.3, 0.4) is 0 Å². The molecule has 0 bridgehead atoms. The normalized spacial score (nSPS) is 21.2. The van der Waals surface area contributed by atoms with Crippen molar-refractivity contribution < 1.29 is 0 Å². The third kappa shape index (κ3) is 2.36. The van der Waals surface area contributed by atoms with Gasteiger partial charge in [-0.3, -0.25) is 0 Å². The zero-order valence-corrected chi connectivity index (χ0v) is 12.6. The van der Waals surface area contributed by atoms with E-state index in [-0.39, 0.29) is 0 Å². The molecule has 1 spiro atoms. The van der Waals surface area contributed by atoms with E-state index in [1.54, 1.807) is 0 Å². The van der Waals surface area contributed by atoms with Gasteiger partial charge in [0.25, 0.3) is 0 Å². The van der Waals surface area contributed by atoms with E-state index in [9.17, 15) is 0 Å². The van der Waals surface area contributed by atoms with Gasteiger partial charge in [0.15, 0.2) is 0 Å². The van der Waals surface area contributed by atoms with Crippen molar-refractivity contribution in [1.82, 2.24) is 10.3 Å². The van der Waals surface area contributed by atoms with E-state index in [1.165, 1.54) is 35.5 Å². The zero-order valence-electron chi connectivity index (χ0n) is 12.6. The molecule has 3 nitrogen and oxygen atoms in total. The predicted molar refractivity (Wildman–Crippen MR) is 80.0 cm³/mol. The van der Waals surface area contributed by atoms with Gasteiger partial charge in [-0.2, -0.15) is 0 Å². The average Bonchev–Trinajstić information content (AvgIpc) is 3.11. The Balaban J connectivity index is 1.91. The van der Waals surface area contributed by atoms with E-state index < -0.39 is 0 Å². The molecular weight excluding hydrogens is 234 g/mol. The number of hydrogen-bond acceptors (Lipinski definition) is 3. The number of piperazine rings is 1. The minimum atomic E-state index is 0.413. The van der Waals surface area contributed by atoms with E-state index in [0.717, 1.165) is 19.6 Å². The summed E-state index contributed by atoms with van der Waals surface area (Å²) in [6.07, 6.45) is 2.65. The summed E-state index contributed by atoms with van der Waals surface area (Å²) < 4.78 is 0. The molecule has 2 fully saturated rings. The average molecular weight is 259 g/mol. The second-order valence-corrected chi connectivity index (χ2v) is 6.59. The first-order valence-electron chi connectivity index (χ1n) is 7.49. The fraction of sp³-hybridized carbons (Fsp3) is 0.688. The number of aryl methyl sites for hydroxylation is 1. The molecular formula is C16H25N3. The van der Waals surface area contributed by atoms with Crippen LogP contribution in [-0.2, 0) is 0 Å².